The number of rotatable bonds is 27. The molecule has 1 aromatic carbocycles. The van der Waals surface area contributed by atoms with Crippen molar-refractivity contribution in [2.45, 2.75) is 139 Å². The lowest BCUT2D eigenvalue weighted by molar-refractivity contribution is -0.147. The number of carbonyl (C=O) groups excluding carboxylic acids is 8. The number of amides is 8. The summed E-state index contributed by atoms with van der Waals surface area (Å²) in [6, 6.07) is -0.449. The highest BCUT2D eigenvalue weighted by atomic mass is 16.4. The first-order valence-corrected chi connectivity index (χ1v) is 24.9. The SMILES string of the molecule is CC(C)C[C@H](NC(=O)[C@@H]1CCCN1C(=O)[C@H](CO)NC(=O)[C@H](Cc1ccccc1)NC(=O)CNC(=O)[C@@H]1CCCN1C(=O)[C@@H]1CCCN1C(=O)[C@@H](N)CCCN=C(N)N)C(=O)N[C@@H](CCCN=C(N)N)C(=O)O. The van der Waals surface area contributed by atoms with E-state index in [0.29, 0.717) is 63.6 Å². The predicted molar refractivity (Wildman–Crippen MR) is 267 cm³/mol. The average Bonchev–Trinajstić information content (AvgIpc) is 4.16. The van der Waals surface area contributed by atoms with Gasteiger partial charge < -0.3 is 80.2 Å². The van der Waals surface area contributed by atoms with E-state index in [1.165, 1.54) is 14.7 Å². The minimum Gasteiger partial charge on any atom is -0.480 e. The highest BCUT2D eigenvalue weighted by Crippen LogP contribution is 2.26. The first-order valence-electron chi connectivity index (χ1n) is 24.9. The molecule has 73 heavy (non-hydrogen) atoms. The second-order valence-corrected chi connectivity index (χ2v) is 18.9. The molecule has 8 amide bonds. The zero-order valence-electron chi connectivity index (χ0n) is 41.7. The van der Waals surface area contributed by atoms with Crippen LogP contribution in [0.15, 0.2) is 40.3 Å². The minimum atomic E-state index is -1.57. The summed E-state index contributed by atoms with van der Waals surface area (Å²) in [5.74, 6) is -6.91. The molecule has 3 saturated heterocycles. The Morgan fingerprint density at radius 3 is 1.77 bits per heavy atom. The molecule has 0 saturated carbocycles. The van der Waals surface area contributed by atoms with Gasteiger partial charge in [-0.05, 0) is 82.1 Å². The van der Waals surface area contributed by atoms with Crippen LogP contribution in [0, 0.1) is 5.92 Å². The van der Waals surface area contributed by atoms with Crippen molar-refractivity contribution in [3.63, 3.8) is 0 Å². The van der Waals surface area contributed by atoms with Gasteiger partial charge in [0.05, 0.1) is 19.2 Å². The average molecular weight is 1030 g/mol. The molecule has 3 heterocycles. The molecule has 404 valence electrons. The maximum Gasteiger partial charge on any atom is 0.326 e. The van der Waals surface area contributed by atoms with Gasteiger partial charge in [-0.3, -0.25) is 48.3 Å². The number of nitrogens with one attached hydrogen (secondary N) is 5. The van der Waals surface area contributed by atoms with Gasteiger partial charge in [0.15, 0.2) is 11.9 Å². The van der Waals surface area contributed by atoms with Crippen LogP contribution in [0.4, 0.5) is 0 Å². The minimum absolute atomic E-state index is 0.00323. The summed E-state index contributed by atoms with van der Waals surface area (Å²) < 4.78 is 0. The standard InChI is InChI=1S/C47H75N15O11/c1-27(2)23-31(38(65)57-30(45(72)73)14-7-19-54-47(51)52)58-41(68)35-16-9-20-60(35)43(70)33(26-63)59-39(66)32(24-28-11-4-3-5-12-28)56-37(64)25-55-40(67)34-15-8-21-61(34)44(71)36-17-10-22-62(36)42(69)29(48)13-6-18-53-46(49)50/h3-5,11-12,27,29-36,63H,6-10,13-26,48H2,1-2H3,(H,55,67)(H,56,64)(H,57,65)(H,58,68)(H,59,66)(H,72,73)(H4,49,50,53)(H4,51,52,54)/t29-,30-,31-,32-,33-,34-,35-,36-/m0/s1. The molecule has 8 atom stereocenters. The molecule has 26 heteroatoms. The number of carbonyl (C=O) groups is 9. The van der Waals surface area contributed by atoms with Crippen molar-refractivity contribution in [2.24, 2.45) is 44.6 Å². The Balaban J connectivity index is 1.38. The summed E-state index contributed by atoms with van der Waals surface area (Å²) in [5, 5.41) is 33.1. The Hall–Kier alpha value is -7.09. The molecule has 0 aliphatic carbocycles. The van der Waals surface area contributed by atoms with Crippen molar-refractivity contribution in [1.29, 1.82) is 0 Å². The molecule has 17 N–H and O–H groups in total. The molecular weight excluding hydrogens is 951 g/mol. The monoisotopic (exact) mass is 1030 g/mol. The number of aliphatic hydroxyl groups is 1. The fourth-order valence-electron chi connectivity index (χ4n) is 9.19. The molecule has 0 spiro atoms. The van der Waals surface area contributed by atoms with E-state index in [1.807, 2.05) is 13.8 Å². The lowest BCUT2D eigenvalue weighted by atomic mass is 10.0. The van der Waals surface area contributed by atoms with Crippen LogP contribution in [-0.2, 0) is 49.6 Å². The summed E-state index contributed by atoms with van der Waals surface area (Å²) in [7, 11) is 0. The van der Waals surface area contributed by atoms with Gasteiger partial charge in [-0.15, -0.1) is 0 Å². The number of aliphatic carboxylic acids is 1. The topological polar surface area (TPSA) is 419 Å². The van der Waals surface area contributed by atoms with Crippen LogP contribution >= 0.6 is 0 Å². The summed E-state index contributed by atoms with van der Waals surface area (Å²) in [4.78, 5) is 133. The summed E-state index contributed by atoms with van der Waals surface area (Å²) in [5.41, 5.74) is 28.2. The van der Waals surface area contributed by atoms with Gasteiger partial charge in [0.2, 0.25) is 47.3 Å². The number of aliphatic hydroxyl groups excluding tert-OH is 1. The molecule has 26 nitrogen and oxygen atoms in total. The highest BCUT2D eigenvalue weighted by molar-refractivity contribution is 5.98. The Morgan fingerprint density at radius 1 is 0.658 bits per heavy atom. The number of carboxylic acid groups (broad SMARTS) is 1. The number of benzene rings is 1. The first-order chi connectivity index (χ1) is 34.7. The van der Waals surface area contributed by atoms with Gasteiger partial charge in [-0.25, -0.2) is 4.79 Å². The molecule has 0 radical (unpaired) electrons. The lowest BCUT2D eigenvalue weighted by Crippen LogP contribution is -2.60. The molecule has 4 rings (SSSR count). The van der Waals surface area contributed by atoms with Crippen LogP contribution in [0.5, 0.6) is 0 Å². The van der Waals surface area contributed by atoms with E-state index in [1.54, 1.807) is 30.3 Å². The van der Waals surface area contributed by atoms with Crippen LogP contribution in [0.1, 0.15) is 90.0 Å². The van der Waals surface area contributed by atoms with Crippen LogP contribution in [0.2, 0.25) is 0 Å². The summed E-state index contributed by atoms with van der Waals surface area (Å²) >= 11 is 0. The van der Waals surface area contributed by atoms with Gasteiger partial charge in [0, 0.05) is 39.1 Å². The molecule has 0 aromatic heterocycles. The number of guanidine groups is 2. The maximum absolute atomic E-state index is 14.0. The second kappa shape index (κ2) is 28.8. The van der Waals surface area contributed by atoms with Gasteiger partial charge in [-0.2, -0.15) is 0 Å². The van der Waals surface area contributed by atoms with E-state index in [4.69, 9.17) is 28.7 Å². The molecular formula is C47H75N15O11. The third-order valence-electron chi connectivity index (χ3n) is 12.8. The van der Waals surface area contributed by atoms with Crippen molar-refractivity contribution in [3.05, 3.63) is 35.9 Å². The molecule has 1 aromatic rings. The Labute approximate surface area is 424 Å². The number of carboxylic acids is 1. The zero-order chi connectivity index (χ0) is 53.8. The molecule has 3 aliphatic rings. The van der Waals surface area contributed by atoms with Crippen LogP contribution in [0.25, 0.3) is 0 Å². The number of aliphatic imine (C=N–C) groups is 2. The van der Waals surface area contributed by atoms with E-state index >= 15 is 0 Å². The lowest BCUT2D eigenvalue weighted by Gasteiger charge is -2.32. The van der Waals surface area contributed by atoms with Crippen LogP contribution in [-0.4, -0.2) is 184 Å². The Kier molecular flexibility index (Phi) is 23.1. The number of likely N-dealkylation sites (tertiary alicyclic amines) is 3. The number of nitrogens with two attached hydrogens (primary N) is 5. The quantitative estimate of drug-likeness (QED) is 0.0226. The van der Waals surface area contributed by atoms with Gasteiger partial charge in [0.1, 0.15) is 42.3 Å². The van der Waals surface area contributed by atoms with E-state index in [9.17, 15) is 53.4 Å². The summed E-state index contributed by atoms with van der Waals surface area (Å²) in [6.07, 6.45) is 3.41. The number of hydrogen-bond donors (Lipinski definition) is 12. The highest BCUT2D eigenvalue weighted by Gasteiger charge is 2.44. The largest absolute Gasteiger partial charge is 0.480 e. The maximum atomic E-state index is 14.0. The third kappa shape index (κ3) is 17.9. The Bertz CT molecular complexity index is 2150. The van der Waals surface area contributed by atoms with Gasteiger partial charge >= 0.3 is 5.97 Å². The summed E-state index contributed by atoms with van der Waals surface area (Å²) in [6.45, 7) is 3.24. The smallest absolute Gasteiger partial charge is 0.326 e. The van der Waals surface area contributed by atoms with Gasteiger partial charge in [0.25, 0.3) is 0 Å². The molecule has 0 unspecified atom stereocenters. The van der Waals surface area contributed by atoms with Gasteiger partial charge in [-0.1, -0.05) is 44.2 Å². The van der Waals surface area contributed by atoms with Crippen molar-refractivity contribution in [1.82, 2.24) is 41.3 Å². The normalized spacial score (nSPS) is 19.4. The fourth-order valence-corrected chi connectivity index (χ4v) is 9.19. The first kappa shape index (κ1) is 58.5. The zero-order valence-corrected chi connectivity index (χ0v) is 41.7. The predicted octanol–water partition coefficient (Wildman–Crippen LogP) is -4.19. The number of nitrogens with zero attached hydrogens (tertiary/aromatic N) is 5. The molecule has 3 fully saturated rings. The molecule has 0 bridgehead atoms. The number of hydrogen-bond acceptors (Lipinski definition) is 13. The van der Waals surface area contributed by atoms with Crippen LogP contribution in [0.3, 0.4) is 0 Å². The third-order valence-corrected chi connectivity index (χ3v) is 12.8. The van der Waals surface area contributed by atoms with E-state index in [0.717, 1.165) is 0 Å². The van der Waals surface area contributed by atoms with Crippen molar-refractivity contribution >= 4 is 65.1 Å². The van der Waals surface area contributed by atoms with Crippen molar-refractivity contribution in [3.8, 4) is 0 Å². The van der Waals surface area contributed by atoms with Crippen molar-refractivity contribution < 1.29 is 53.4 Å². The molecule has 3 aliphatic heterocycles. The van der Waals surface area contributed by atoms with E-state index < -0.39 is 109 Å². The van der Waals surface area contributed by atoms with Crippen LogP contribution < -0.4 is 55.3 Å². The fraction of sp³-hybridized carbons (Fsp3) is 0.638. The Morgan fingerprint density at radius 2 is 1.19 bits per heavy atom. The van der Waals surface area contributed by atoms with E-state index in [-0.39, 0.29) is 75.5 Å². The van der Waals surface area contributed by atoms with E-state index in [2.05, 4.69) is 36.6 Å². The second-order valence-electron chi connectivity index (χ2n) is 18.9. The van der Waals surface area contributed by atoms with Crippen molar-refractivity contribution in [2.75, 3.05) is 45.9 Å².